The van der Waals surface area contributed by atoms with Crippen LogP contribution in [0, 0.1) is 0 Å². The summed E-state index contributed by atoms with van der Waals surface area (Å²) in [5.41, 5.74) is 0.335. The lowest BCUT2D eigenvalue weighted by Crippen LogP contribution is -2.08. The number of phenolic OH excluding ortho intramolecular Hbond substituents is 1. The summed E-state index contributed by atoms with van der Waals surface area (Å²) in [5.74, 6) is -1.21. The standard InChI is InChI=1S/C12H14O5/c1-7(12(14)15)8-3-4-9-11(10(8)13)17-6-2-5-16-9/h3-4,7,13H,2,5-6H2,1H3,(H,14,15). The van der Waals surface area contributed by atoms with E-state index in [1.54, 1.807) is 12.1 Å². The topological polar surface area (TPSA) is 76.0 Å². The molecule has 0 amide bonds. The first-order valence-electron chi connectivity index (χ1n) is 5.45. The minimum absolute atomic E-state index is 0.140. The molecule has 0 saturated carbocycles. The molecule has 1 aromatic carbocycles. The zero-order valence-electron chi connectivity index (χ0n) is 9.47. The van der Waals surface area contributed by atoms with E-state index in [4.69, 9.17) is 14.6 Å². The highest BCUT2D eigenvalue weighted by molar-refractivity contribution is 5.77. The summed E-state index contributed by atoms with van der Waals surface area (Å²) in [6, 6.07) is 3.19. The number of ether oxygens (including phenoxy) is 2. The van der Waals surface area contributed by atoms with Crippen LogP contribution in [0.25, 0.3) is 0 Å². The Balaban J connectivity index is 2.44. The molecule has 0 radical (unpaired) electrons. The Labute approximate surface area is 98.6 Å². The second-order valence-electron chi connectivity index (χ2n) is 3.94. The molecule has 1 aliphatic rings. The summed E-state index contributed by atoms with van der Waals surface area (Å²) in [6.45, 7) is 2.49. The molecule has 0 bridgehead atoms. The zero-order valence-corrected chi connectivity index (χ0v) is 9.47. The number of phenols is 1. The van der Waals surface area contributed by atoms with Gasteiger partial charge in [0.05, 0.1) is 19.1 Å². The maximum atomic E-state index is 10.9. The van der Waals surface area contributed by atoms with Crippen LogP contribution >= 0.6 is 0 Å². The van der Waals surface area contributed by atoms with Gasteiger partial charge in [-0.05, 0) is 13.0 Å². The second kappa shape index (κ2) is 4.53. The van der Waals surface area contributed by atoms with Gasteiger partial charge in [-0.15, -0.1) is 0 Å². The molecule has 0 aromatic heterocycles. The first kappa shape index (κ1) is 11.6. The fraction of sp³-hybridized carbons (Fsp3) is 0.417. The molecule has 0 aliphatic carbocycles. The first-order chi connectivity index (χ1) is 8.11. The van der Waals surface area contributed by atoms with E-state index in [9.17, 15) is 9.90 Å². The van der Waals surface area contributed by atoms with E-state index in [1.165, 1.54) is 6.92 Å². The fourth-order valence-corrected chi connectivity index (χ4v) is 1.72. The number of carboxylic acids is 1. The monoisotopic (exact) mass is 238 g/mol. The van der Waals surface area contributed by atoms with Crippen molar-refractivity contribution in [3.05, 3.63) is 17.7 Å². The van der Waals surface area contributed by atoms with E-state index in [1.807, 2.05) is 0 Å². The summed E-state index contributed by atoms with van der Waals surface area (Å²) in [6.07, 6.45) is 0.734. The Bertz CT molecular complexity index is 441. The number of aromatic hydroxyl groups is 1. The molecule has 0 fully saturated rings. The molecule has 1 aliphatic heterocycles. The van der Waals surface area contributed by atoms with Gasteiger partial charge in [-0.2, -0.15) is 0 Å². The first-order valence-corrected chi connectivity index (χ1v) is 5.45. The molecule has 2 N–H and O–H groups in total. The van der Waals surface area contributed by atoms with Gasteiger partial charge in [0.15, 0.2) is 11.5 Å². The molecular weight excluding hydrogens is 224 g/mol. The van der Waals surface area contributed by atoms with Crippen LogP contribution in [0.5, 0.6) is 17.2 Å². The molecule has 0 saturated heterocycles. The average molecular weight is 238 g/mol. The van der Waals surface area contributed by atoms with E-state index in [0.29, 0.717) is 24.5 Å². The van der Waals surface area contributed by atoms with Gasteiger partial charge in [-0.1, -0.05) is 6.07 Å². The number of hydrogen-bond acceptors (Lipinski definition) is 4. The summed E-state index contributed by atoms with van der Waals surface area (Å²) in [5, 5.41) is 18.9. The van der Waals surface area contributed by atoms with E-state index >= 15 is 0 Å². The van der Waals surface area contributed by atoms with Gasteiger partial charge >= 0.3 is 5.97 Å². The van der Waals surface area contributed by atoms with Crippen molar-refractivity contribution in [1.82, 2.24) is 0 Å². The highest BCUT2D eigenvalue weighted by atomic mass is 16.5. The van der Waals surface area contributed by atoms with Crippen molar-refractivity contribution in [2.45, 2.75) is 19.3 Å². The van der Waals surface area contributed by atoms with Crippen LogP contribution in [0.15, 0.2) is 12.1 Å². The number of carboxylic acid groups (broad SMARTS) is 1. The van der Waals surface area contributed by atoms with Gasteiger partial charge in [0.2, 0.25) is 5.75 Å². The Morgan fingerprint density at radius 1 is 1.35 bits per heavy atom. The number of benzene rings is 1. The Morgan fingerprint density at radius 2 is 2.06 bits per heavy atom. The van der Waals surface area contributed by atoms with Gasteiger partial charge in [0.25, 0.3) is 0 Å². The molecule has 1 atom stereocenters. The number of rotatable bonds is 2. The molecule has 17 heavy (non-hydrogen) atoms. The van der Waals surface area contributed by atoms with Crippen molar-refractivity contribution in [2.75, 3.05) is 13.2 Å². The number of carbonyl (C=O) groups is 1. The van der Waals surface area contributed by atoms with Crippen molar-refractivity contribution in [1.29, 1.82) is 0 Å². The Hall–Kier alpha value is -1.91. The van der Waals surface area contributed by atoms with Gasteiger partial charge in [0, 0.05) is 12.0 Å². The van der Waals surface area contributed by atoms with Crippen molar-refractivity contribution < 1.29 is 24.5 Å². The van der Waals surface area contributed by atoms with Crippen molar-refractivity contribution in [3.8, 4) is 17.2 Å². The third kappa shape index (κ3) is 2.13. The molecule has 1 heterocycles. The van der Waals surface area contributed by atoms with Crippen LogP contribution in [0.1, 0.15) is 24.8 Å². The van der Waals surface area contributed by atoms with Gasteiger partial charge in [-0.3, -0.25) is 4.79 Å². The van der Waals surface area contributed by atoms with E-state index < -0.39 is 11.9 Å². The molecule has 92 valence electrons. The molecular formula is C12H14O5. The minimum Gasteiger partial charge on any atom is -0.504 e. The minimum atomic E-state index is -0.991. The Morgan fingerprint density at radius 3 is 2.76 bits per heavy atom. The van der Waals surface area contributed by atoms with Gasteiger partial charge in [-0.25, -0.2) is 0 Å². The predicted octanol–water partition coefficient (Wildman–Crippen LogP) is 1.74. The lowest BCUT2D eigenvalue weighted by molar-refractivity contribution is -0.138. The highest BCUT2D eigenvalue weighted by Crippen LogP contribution is 2.43. The van der Waals surface area contributed by atoms with Crippen molar-refractivity contribution >= 4 is 5.97 Å². The normalized spacial score (nSPS) is 16.1. The van der Waals surface area contributed by atoms with Crippen molar-refractivity contribution in [3.63, 3.8) is 0 Å². The largest absolute Gasteiger partial charge is 0.504 e. The number of hydrogen-bond donors (Lipinski definition) is 2. The highest BCUT2D eigenvalue weighted by Gasteiger charge is 2.23. The molecule has 0 spiro atoms. The van der Waals surface area contributed by atoms with E-state index in [0.717, 1.165) is 6.42 Å². The Kier molecular flexibility index (Phi) is 3.08. The number of fused-ring (bicyclic) bond motifs is 1. The summed E-state index contributed by atoms with van der Waals surface area (Å²) >= 11 is 0. The quantitative estimate of drug-likeness (QED) is 0.820. The summed E-state index contributed by atoms with van der Waals surface area (Å²) < 4.78 is 10.8. The predicted molar refractivity (Wildman–Crippen MR) is 59.8 cm³/mol. The smallest absolute Gasteiger partial charge is 0.310 e. The summed E-state index contributed by atoms with van der Waals surface area (Å²) in [7, 11) is 0. The lowest BCUT2D eigenvalue weighted by atomic mass is 9.99. The van der Waals surface area contributed by atoms with Crippen molar-refractivity contribution in [2.24, 2.45) is 0 Å². The molecule has 2 rings (SSSR count). The SMILES string of the molecule is CC(C(=O)O)c1ccc2c(c1O)OCCCO2. The maximum absolute atomic E-state index is 10.9. The van der Waals surface area contributed by atoms with Crippen LogP contribution in [-0.2, 0) is 4.79 Å². The van der Waals surface area contributed by atoms with Crippen LogP contribution in [0.4, 0.5) is 0 Å². The number of aliphatic carboxylic acids is 1. The molecule has 5 nitrogen and oxygen atoms in total. The second-order valence-corrected chi connectivity index (χ2v) is 3.94. The molecule has 1 aromatic rings. The third-order valence-corrected chi connectivity index (χ3v) is 2.76. The zero-order chi connectivity index (χ0) is 12.4. The van der Waals surface area contributed by atoms with Crippen LogP contribution < -0.4 is 9.47 Å². The lowest BCUT2D eigenvalue weighted by Gasteiger charge is -2.14. The molecule has 5 heteroatoms. The third-order valence-electron chi connectivity index (χ3n) is 2.76. The van der Waals surface area contributed by atoms with Gasteiger partial charge in [0.1, 0.15) is 0 Å². The summed E-state index contributed by atoms with van der Waals surface area (Å²) in [4.78, 5) is 10.9. The van der Waals surface area contributed by atoms with Crippen LogP contribution in [0.3, 0.4) is 0 Å². The van der Waals surface area contributed by atoms with Crippen LogP contribution in [0.2, 0.25) is 0 Å². The average Bonchev–Trinajstić information content (AvgIpc) is 2.54. The maximum Gasteiger partial charge on any atom is 0.310 e. The van der Waals surface area contributed by atoms with Gasteiger partial charge < -0.3 is 19.7 Å². The van der Waals surface area contributed by atoms with E-state index in [-0.39, 0.29) is 11.5 Å². The van der Waals surface area contributed by atoms with E-state index in [2.05, 4.69) is 0 Å². The molecule has 1 unspecified atom stereocenters. The van der Waals surface area contributed by atoms with Crippen LogP contribution in [-0.4, -0.2) is 29.4 Å². The fourth-order valence-electron chi connectivity index (χ4n) is 1.72.